The minimum atomic E-state index is -0.228. The van der Waals surface area contributed by atoms with Gasteiger partial charge in [0.2, 0.25) is 0 Å². The fourth-order valence-corrected chi connectivity index (χ4v) is 2.85. The summed E-state index contributed by atoms with van der Waals surface area (Å²) in [6.45, 7) is 0. The standard InChI is InChI=1S/C15H9BrFNS/c16-12-5-1-10(2-6-12)14-9-19-15(18-14)11-3-7-13(17)8-4-11/h1-9H. The van der Waals surface area contributed by atoms with Gasteiger partial charge in [0, 0.05) is 21.0 Å². The molecule has 3 aromatic rings. The predicted octanol–water partition coefficient (Wildman–Crippen LogP) is 5.38. The van der Waals surface area contributed by atoms with Crippen molar-refractivity contribution in [3.63, 3.8) is 0 Å². The van der Waals surface area contributed by atoms with Crippen molar-refractivity contribution in [2.75, 3.05) is 0 Å². The molecule has 0 N–H and O–H groups in total. The van der Waals surface area contributed by atoms with Crippen LogP contribution in [0.4, 0.5) is 4.39 Å². The van der Waals surface area contributed by atoms with E-state index in [1.807, 2.05) is 29.6 Å². The van der Waals surface area contributed by atoms with Crippen LogP contribution in [0.15, 0.2) is 58.4 Å². The average Bonchev–Trinajstić information content (AvgIpc) is 2.90. The van der Waals surface area contributed by atoms with Gasteiger partial charge in [0.15, 0.2) is 0 Å². The van der Waals surface area contributed by atoms with Crippen LogP contribution in [0.2, 0.25) is 0 Å². The van der Waals surface area contributed by atoms with E-state index in [1.165, 1.54) is 12.1 Å². The number of aromatic nitrogens is 1. The highest BCUT2D eigenvalue weighted by Gasteiger charge is 2.06. The maximum absolute atomic E-state index is 12.9. The second-order valence-corrected chi connectivity index (χ2v) is 5.83. The highest BCUT2D eigenvalue weighted by atomic mass is 79.9. The average molecular weight is 334 g/mol. The van der Waals surface area contributed by atoms with E-state index in [0.29, 0.717) is 0 Å². The zero-order valence-electron chi connectivity index (χ0n) is 9.81. The van der Waals surface area contributed by atoms with E-state index in [0.717, 1.165) is 26.3 Å². The second kappa shape index (κ2) is 5.23. The highest BCUT2D eigenvalue weighted by molar-refractivity contribution is 9.10. The SMILES string of the molecule is Fc1ccc(-c2nc(-c3ccc(Br)cc3)cs2)cc1. The van der Waals surface area contributed by atoms with Crippen LogP contribution in [0.25, 0.3) is 21.8 Å². The molecule has 0 saturated carbocycles. The van der Waals surface area contributed by atoms with Gasteiger partial charge < -0.3 is 0 Å². The molecule has 94 valence electrons. The van der Waals surface area contributed by atoms with Crippen LogP contribution in [-0.4, -0.2) is 4.98 Å². The molecule has 1 aromatic heterocycles. The fourth-order valence-electron chi connectivity index (χ4n) is 1.75. The monoisotopic (exact) mass is 333 g/mol. The van der Waals surface area contributed by atoms with Gasteiger partial charge in [-0.1, -0.05) is 28.1 Å². The molecule has 1 nitrogen and oxygen atoms in total. The Labute approximate surface area is 122 Å². The predicted molar refractivity (Wildman–Crippen MR) is 80.6 cm³/mol. The summed E-state index contributed by atoms with van der Waals surface area (Å²) < 4.78 is 13.9. The third-order valence-corrected chi connectivity index (χ3v) is 4.16. The Balaban J connectivity index is 1.95. The molecule has 2 aromatic carbocycles. The van der Waals surface area contributed by atoms with Gasteiger partial charge in [-0.05, 0) is 36.4 Å². The molecule has 0 spiro atoms. The first-order chi connectivity index (χ1) is 9.22. The zero-order valence-corrected chi connectivity index (χ0v) is 12.2. The van der Waals surface area contributed by atoms with Crippen molar-refractivity contribution in [3.05, 3.63) is 64.2 Å². The zero-order chi connectivity index (χ0) is 13.2. The Hall–Kier alpha value is -1.52. The number of hydrogen-bond acceptors (Lipinski definition) is 2. The second-order valence-electron chi connectivity index (χ2n) is 4.05. The maximum atomic E-state index is 12.9. The number of benzene rings is 2. The first kappa shape index (κ1) is 12.5. The third-order valence-electron chi connectivity index (χ3n) is 2.74. The number of nitrogens with zero attached hydrogens (tertiary/aromatic N) is 1. The molecule has 0 aliphatic rings. The number of rotatable bonds is 2. The summed E-state index contributed by atoms with van der Waals surface area (Å²) in [7, 11) is 0. The Morgan fingerprint density at radius 1 is 0.895 bits per heavy atom. The van der Waals surface area contributed by atoms with Gasteiger partial charge in [-0.15, -0.1) is 11.3 Å². The largest absolute Gasteiger partial charge is 0.236 e. The minimum Gasteiger partial charge on any atom is -0.236 e. The van der Waals surface area contributed by atoms with E-state index in [-0.39, 0.29) is 5.82 Å². The number of hydrogen-bond donors (Lipinski definition) is 0. The van der Waals surface area contributed by atoms with E-state index in [1.54, 1.807) is 23.5 Å². The third kappa shape index (κ3) is 2.74. The molecule has 0 fully saturated rings. The summed E-state index contributed by atoms with van der Waals surface area (Å²) in [4.78, 5) is 4.59. The summed E-state index contributed by atoms with van der Waals surface area (Å²) in [6.07, 6.45) is 0. The minimum absolute atomic E-state index is 0.228. The van der Waals surface area contributed by atoms with Crippen LogP contribution in [0.1, 0.15) is 0 Å². The Bertz CT molecular complexity index is 629. The maximum Gasteiger partial charge on any atom is 0.124 e. The summed E-state index contributed by atoms with van der Waals surface area (Å²) in [5.41, 5.74) is 2.96. The molecule has 0 atom stereocenters. The summed E-state index contributed by atoms with van der Waals surface area (Å²) >= 11 is 4.98. The van der Waals surface area contributed by atoms with Crippen LogP contribution >= 0.6 is 27.3 Å². The quantitative estimate of drug-likeness (QED) is 0.613. The molecule has 1 heterocycles. The summed E-state index contributed by atoms with van der Waals surface area (Å²) in [5.74, 6) is -0.228. The number of halogens is 2. The van der Waals surface area contributed by atoms with E-state index in [4.69, 9.17) is 0 Å². The smallest absolute Gasteiger partial charge is 0.124 e. The van der Waals surface area contributed by atoms with Gasteiger partial charge >= 0.3 is 0 Å². The lowest BCUT2D eigenvalue weighted by molar-refractivity contribution is 0.628. The topological polar surface area (TPSA) is 12.9 Å². The van der Waals surface area contributed by atoms with Crippen molar-refractivity contribution in [2.45, 2.75) is 0 Å². The normalized spacial score (nSPS) is 10.6. The van der Waals surface area contributed by atoms with E-state index in [9.17, 15) is 4.39 Å². The van der Waals surface area contributed by atoms with Crippen molar-refractivity contribution in [1.29, 1.82) is 0 Å². The molecule has 0 bridgehead atoms. The van der Waals surface area contributed by atoms with Crippen LogP contribution in [0.3, 0.4) is 0 Å². The molecule has 3 rings (SSSR count). The fraction of sp³-hybridized carbons (Fsp3) is 0. The molecular formula is C15H9BrFNS. The number of thiazole rings is 1. The Kier molecular flexibility index (Phi) is 3.44. The molecule has 0 aliphatic carbocycles. The molecule has 19 heavy (non-hydrogen) atoms. The van der Waals surface area contributed by atoms with Gasteiger partial charge in [-0.3, -0.25) is 0 Å². The van der Waals surface area contributed by atoms with Crippen molar-refractivity contribution < 1.29 is 4.39 Å². The van der Waals surface area contributed by atoms with Crippen molar-refractivity contribution in [2.24, 2.45) is 0 Å². The molecule has 0 unspecified atom stereocenters. The van der Waals surface area contributed by atoms with Crippen LogP contribution in [0, 0.1) is 5.82 Å². The van der Waals surface area contributed by atoms with Gasteiger partial charge in [0.25, 0.3) is 0 Å². The van der Waals surface area contributed by atoms with Gasteiger partial charge in [0.1, 0.15) is 10.8 Å². The molecule has 4 heteroatoms. The lowest BCUT2D eigenvalue weighted by Crippen LogP contribution is -1.80. The van der Waals surface area contributed by atoms with Crippen molar-refractivity contribution in [3.8, 4) is 21.8 Å². The van der Waals surface area contributed by atoms with Crippen molar-refractivity contribution in [1.82, 2.24) is 4.98 Å². The Morgan fingerprint density at radius 3 is 2.21 bits per heavy atom. The Morgan fingerprint density at radius 2 is 1.53 bits per heavy atom. The molecule has 0 aliphatic heterocycles. The molecule has 0 saturated heterocycles. The van der Waals surface area contributed by atoms with Crippen LogP contribution < -0.4 is 0 Å². The van der Waals surface area contributed by atoms with Crippen LogP contribution in [-0.2, 0) is 0 Å². The van der Waals surface area contributed by atoms with E-state index < -0.39 is 0 Å². The lowest BCUT2D eigenvalue weighted by atomic mass is 10.2. The van der Waals surface area contributed by atoms with Gasteiger partial charge in [-0.25, -0.2) is 9.37 Å². The lowest BCUT2D eigenvalue weighted by Gasteiger charge is -1.97. The van der Waals surface area contributed by atoms with E-state index >= 15 is 0 Å². The van der Waals surface area contributed by atoms with Gasteiger partial charge in [0.05, 0.1) is 5.69 Å². The first-order valence-electron chi connectivity index (χ1n) is 5.70. The van der Waals surface area contributed by atoms with Crippen LogP contribution in [0.5, 0.6) is 0 Å². The molecule has 0 radical (unpaired) electrons. The first-order valence-corrected chi connectivity index (χ1v) is 7.37. The van der Waals surface area contributed by atoms with E-state index in [2.05, 4.69) is 20.9 Å². The van der Waals surface area contributed by atoms with Crippen molar-refractivity contribution >= 4 is 27.3 Å². The van der Waals surface area contributed by atoms with Gasteiger partial charge in [-0.2, -0.15) is 0 Å². The molecule has 0 amide bonds. The molecular weight excluding hydrogens is 325 g/mol. The highest BCUT2D eigenvalue weighted by Crippen LogP contribution is 2.29. The summed E-state index contributed by atoms with van der Waals surface area (Å²) in [6, 6.07) is 14.4. The summed E-state index contributed by atoms with van der Waals surface area (Å²) in [5, 5.41) is 2.92.